The van der Waals surface area contributed by atoms with Crippen LogP contribution in [-0.2, 0) is 13.5 Å². The fourth-order valence-electron chi connectivity index (χ4n) is 3.22. The standard InChI is InChI=1S/C23H26ClN5O2/c1-15-21(16(2)29(3)28-15)11-12-25-23(26-19-9-6-10-20(14-19)31-4)27-22(30)17-7-5-8-18(24)13-17/h5-10,13-14H,11-12H2,1-4H3,(H2,25,26,27,30). The van der Waals surface area contributed by atoms with Crippen molar-refractivity contribution in [3.8, 4) is 5.75 Å². The number of hydrogen-bond acceptors (Lipinski definition) is 4. The van der Waals surface area contributed by atoms with E-state index >= 15 is 0 Å². The summed E-state index contributed by atoms with van der Waals surface area (Å²) in [6.07, 6.45) is 0.710. The molecule has 1 amide bonds. The minimum absolute atomic E-state index is 0.301. The van der Waals surface area contributed by atoms with Gasteiger partial charge in [-0.1, -0.05) is 23.7 Å². The summed E-state index contributed by atoms with van der Waals surface area (Å²) in [5.74, 6) is 0.745. The van der Waals surface area contributed by atoms with E-state index in [0.29, 0.717) is 35.3 Å². The van der Waals surface area contributed by atoms with Crippen molar-refractivity contribution >= 4 is 29.2 Å². The van der Waals surface area contributed by atoms with Gasteiger partial charge in [0.25, 0.3) is 5.91 Å². The second-order valence-corrected chi connectivity index (χ2v) is 7.51. The predicted molar refractivity (Wildman–Crippen MR) is 124 cm³/mol. The number of anilines is 1. The van der Waals surface area contributed by atoms with Gasteiger partial charge in [-0.05, 0) is 56.2 Å². The van der Waals surface area contributed by atoms with E-state index in [1.54, 1.807) is 31.4 Å². The van der Waals surface area contributed by atoms with E-state index < -0.39 is 0 Å². The molecule has 162 valence electrons. The number of aliphatic imine (C=N–C) groups is 1. The Bertz CT molecular complexity index is 1110. The highest BCUT2D eigenvalue weighted by molar-refractivity contribution is 6.31. The van der Waals surface area contributed by atoms with Crippen molar-refractivity contribution in [2.75, 3.05) is 19.0 Å². The van der Waals surface area contributed by atoms with Crippen molar-refractivity contribution in [2.24, 2.45) is 12.0 Å². The Morgan fingerprint density at radius 3 is 2.65 bits per heavy atom. The molecule has 2 aromatic carbocycles. The first-order chi connectivity index (χ1) is 14.9. The monoisotopic (exact) mass is 439 g/mol. The molecular formula is C23H26ClN5O2. The summed E-state index contributed by atoms with van der Waals surface area (Å²) < 4.78 is 7.14. The van der Waals surface area contributed by atoms with Gasteiger partial charge in [-0.3, -0.25) is 19.8 Å². The molecule has 1 heterocycles. The summed E-state index contributed by atoms with van der Waals surface area (Å²) in [6, 6.07) is 14.2. The number of ether oxygens (including phenoxy) is 1. The van der Waals surface area contributed by atoms with Crippen molar-refractivity contribution < 1.29 is 9.53 Å². The molecule has 2 N–H and O–H groups in total. The number of benzene rings is 2. The average Bonchev–Trinajstić information content (AvgIpc) is 2.99. The van der Waals surface area contributed by atoms with Gasteiger partial charge in [0.1, 0.15) is 5.75 Å². The SMILES string of the molecule is COc1cccc(NC(=NCCc2c(C)nn(C)c2C)NC(=O)c2cccc(Cl)c2)c1. The molecule has 8 heteroatoms. The number of carbonyl (C=O) groups is 1. The Hall–Kier alpha value is -3.32. The lowest BCUT2D eigenvalue weighted by molar-refractivity contribution is 0.0977. The van der Waals surface area contributed by atoms with E-state index in [0.717, 1.165) is 22.6 Å². The molecule has 0 aliphatic rings. The number of nitrogens with zero attached hydrogens (tertiary/aromatic N) is 3. The lowest BCUT2D eigenvalue weighted by Crippen LogP contribution is -2.36. The number of methoxy groups -OCH3 is 1. The average molecular weight is 440 g/mol. The number of nitrogens with one attached hydrogen (secondary N) is 2. The molecular weight excluding hydrogens is 414 g/mol. The molecule has 0 unspecified atom stereocenters. The van der Waals surface area contributed by atoms with E-state index in [4.69, 9.17) is 16.3 Å². The third kappa shape index (κ3) is 5.86. The second kappa shape index (κ2) is 10.1. The molecule has 0 saturated heterocycles. The van der Waals surface area contributed by atoms with E-state index in [-0.39, 0.29) is 5.91 Å². The Morgan fingerprint density at radius 2 is 1.97 bits per heavy atom. The third-order valence-electron chi connectivity index (χ3n) is 4.94. The van der Waals surface area contributed by atoms with Crippen LogP contribution < -0.4 is 15.4 Å². The van der Waals surface area contributed by atoms with Crippen molar-refractivity contribution in [1.29, 1.82) is 0 Å². The fourth-order valence-corrected chi connectivity index (χ4v) is 3.41. The lowest BCUT2D eigenvalue weighted by Gasteiger charge is -2.13. The van der Waals surface area contributed by atoms with Crippen LogP contribution >= 0.6 is 11.6 Å². The number of rotatable bonds is 6. The van der Waals surface area contributed by atoms with Gasteiger partial charge in [0.2, 0.25) is 5.96 Å². The zero-order chi connectivity index (χ0) is 22.4. The zero-order valence-corrected chi connectivity index (χ0v) is 18.8. The first-order valence-electron chi connectivity index (χ1n) is 9.89. The van der Waals surface area contributed by atoms with Crippen LogP contribution in [0.1, 0.15) is 27.3 Å². The minimum Gasteiger partial charge on any atom is -0.497 e. The van der Waals surface area contributed by atoms with Crippen molar-refractivity contribution in [1.82, 2.24) is 15.1 Å². The van der Waals surface area contributed by atoms with Crippen LogP contribution in [0.15, 0.2) is 53.5 Å². The molecule has 1 aromatic heterocycles. The van der Waals surface area contributed by atoms with Gasteiger partial charge in [0.05, 0.1) is 12.8 Å². The molecule has 3 aromatic rings. The maximum atomic E-state index is 12.7. The van der Waals surface area contributed by atoms with Crippen LogP contribution in [0.3, 0.4) is 0 Å². The Kier molecular flexibility index (Phi) is 7.31. The van der Waals surface area contributed by atoms with Crippen LogP contribution in [0.4, 0.5) is 5.69 Å². The van der Waals surface area contributed by atoms with Crippen LogP contribution in [0.25, 0.3) is 0 Å². The van der Waals surface area contributed by atoms with E-state index in [1.807, 2.05) is 49.8 Å². The van der Waals surface area contributed by atoms with E-state index in [9.17, 15) is 4.79 Å². The number of guanidine groups is 1. The highest BCUT2D eigenvalue weighted by atomic mass is 35.5. The highest BCUT2D eigenvalue weighted by Gasteiger charge is 2.12. The largest absolute Gasteiger partial charge is 0.497 e. The van der Waals surface area contributed by atoms with Crippen molar-refractivity contribution in [2.45, 2.75) is 20.3 Å². The van der Waals surface area contributed by atoms with Gasteiger partial charge in [0, 0.05) is 41.6 Å². The Labute approximate surface area is 187 Å². The molecule has 0 fully saturated rings. The normalized spacial score (nSPS) is 11.3. The number of aryl methyl sites for hydroxylation is 2. The first-order valence-corrected chi connectivity index (χ1v) is 10.3. The summed E-state index contributed by atoms with van der Waals surface area (Å²) in [4.78, 5) is 17.3. The van der Waals surface area contributed by atoms with Gasteiger partial charge in [0.15, 0.2) is 0 Å². The number of hydrogen-bond donors (Lipinski definition) is 2. The number of aromatic nitrogens is 2. The van der Waals surface area contributed by atoms with Gasteiger partial charge in [-0.25, -0.2) is 0 Å². The maximum absolute atomic E-state index is 12.7. The third-order valence-corrected chi connectivity index (χ3v) is 5.18. The van der Waals surface area contributed by atoms with Crippen LogP contribution in [0, 0.1) is 13.8 Å². The summed E-state index contributed by atoms with van der Waals surface area (Å²) in [5.41, 5.74) is 4.46. The number of carbonyl (C=O) groups excluding carboxylic acids is 1. The highest BCUT2D eigenvalue weighted by Crippen LogP contribution is 2.17. The molecule has 0 bridgehead atoms. The van der Waals surface area contributed by atoms with Crippen molar-refractivity contribution in [3.63, 3.8) is 0 Å². The second-order valence-electron chi connectivity index (χ2n) is 7.07. The van der Waals surface area contributed by atoms with Crippen molar-refractivity contribution in [3.05, 3.63) is 76.1 Å². The fraction of sp³-hybridized carbons (Fsp3) is 0.261. The summed E-state index contributed by atoms with van der Waals surface area (Å²) in [5, 5.41) is 11.0. The topological polar surface area (TPSA) is 80.5 Å². The van der Waals surface area contributed by atoms with Crippen LogP contribution in [0.5, 0.6) is 5.75 Å². The van der Waals surface area contributed by atoms with Gasteiger partial charge in [-0.15, -0.1) is 0 Å². The predicted octanol–water partition coefficient (Wildman–Crippen LogP) is 4.14. The molecule has 3 rings (SSSR count). The van der Waals surface area contributed by atoms with Crippen LogP contribution in [-0.4, -0.2) is 35.3 Å². The van der Waals surface area contributed by atoms with E-state index in [2.05, 4.69) is 20.7 Å². The zero-order valence-electron chi connectivity index (χ0n) is 18.1. The lowest BCUT2D eigenvalue weighted by atomic mass is 10.1. The van der Waals surface area contributed by atoms with Gasteiger partial charge in [-0.2, -0.15) is 5.10 Å². The molecule has 0 saturated carbocycles. The Morgan fingerprint density at radius 1 is 1.19 bits per heavy atom. The molecule has 31 heavy (non-hydrogen) atoms. The Balaban J connectivity index is 1.80. The summed E-state index contributed by atoms with van der Waals surface area (Å²) >= 11 is 6.02. The smallest absolute Gasteiger partial charge is 0.258 e. The molecule has 0 aliphatic carbocycles. The summed E-state index contributed by atoms with van der Waals surface area (Å²) in [7, 11) is 3.53. The molecule has 0 spiro atoms. The molecule has 0 radical (unpaired) electrons. The maximum Gasteiger partial charge on any atom is 0.258 e. The number of halogens is 1. The molecule has 7 nitrogen and oxygen atoms in total. The number of amides is 1. The van der Waals surface area contributed by atoms with Gasteiger partial charge < -0.3 is 10.1 Å². The quantitative estimate of drug-likeness (QED) is 0.447. The summed E-state index contributed by atoms with van der Waals surface area (Å²) in [6.45, 7) is 4.51. The minimum atomic E-state index is -0.301. The molecule has 0 atom stereocenters. The van der Waals surface area contributed by atoms with Gasteiger partial charge >= 0.3 is 0 Å². The first kappa shape index (κ1) is 22.4. The van der Waals surface area contributed by atoms with E-state index in [1.165, 1.54) is 0 Å². The molecule has 0 aliphatic heterocycles. The van der Waals surface area contributed by atoms with Crippen LogP contribution in [0.2, 0.25) is 5.02 Å².